The van der Waals surface area contributed by atoms with Gasteiger partial charge in [0.15, 0.2) is 23.1 Å². The van der Waals surface area contributed by atoms with Crippen LogP contribution in [0, 0.1) is 0 Å². The second kappa shape index (κ2) is 9.67. The number of carbonyl (C=O) groups excluding carboxylic acids is 2. The zero-order valence-corrected chi connectivity index (χ0v) is 20.0. The summed E-state index contributed by atoms with van der Waals surface area (Å²) in [4.78, 5) is 26.2. The number of hydrogen-bond donors (Lipinski definition) is 1. The first-order valence-electron chi connectivity index (χ1n) is 12.0. The molecule has 0 amide bonds. The lowest BCUT2D eigenvalue weighted by atomic mass is 9.71. The summed E-state index contributed by atoms with van der Waals surface area (Å²) in [6.07, 6.45) is 4.27. The molecule has 0 atom stereocenters. The molecule has 2 aromatic carbocycles. The van der Waals surface area contributed by atoms with Gasteiger partial charge in [0.2, 0.25) is 0 Å². The fraction of sp³-hybridized carbons (Fsp3) is 0.357. The average Bonchev–Trinajstić information content (AvgIpc) is 2.83. The van der Waals surface area contributed by atoms with E-state index in [4.69, 9.17) is 21.1 Å². The number of nitrogens with one attached hydrogen (secondary N) is 1. The van der Waals surface area contributed by atoms with Gasteiger partial charge < -0.3 is 14.8 Å². The molecule has 1 heterocycles. The summed E-state index contributed by atoms with van der Waals surface area (Å²) in [6.45, 7) is 2.70. The Hall–Kier alpha value is -3.05. The Balaban J connectivity index is 1.58. The van der Waals surface area contributed by atoms with Gasteiger partial charge in [0.05, 0.1) is 11.6 Å². The molecule has 1 aliphatic heterocycles. The second-order valence-electron chi connectivity index (χ2n) is 8.93. The number of allylic oxidation sites excluding steroid dienone is 4. The van der Waals surface area contributed by atoms with Crippen LogP contribution in [-0.2, 0) is 16.2 Å². The van der Waals surface area contributed by atoms with E-state index in [0.717, 1.165) is 48.2 Å². The van der Waals surface area contributed by atoms with Gasteiger partial charge in [-0.05, 0) is 55.9 Å². The van der Waals surface area contributed by atoms with E-state index in [9.17, 15) is 9.59 Å². The summed E-state index contributed by atoms with van der Waals surface area (Å²) in [7, 11) is 0. The normalized spacial score (nSPS) is 18.4. The molecule has 3 aliphatic rings. The summed E-state index contributed by atoms with van der Waals surface area (Å²) in [5.41, 5.74) is 5.14. The summed E-state index contributed by atoms with van der Waals surface area (Å²) in [6, 6.07) is 13.6. The first kappa shape index (κ1) is 22.7. The molecule has 0 fully saturated rings. The van der Waals surface area contributed by atoms with Crippen LogP contribution >= 0.6 is 11.6 Å². The number of benzene rings is 2. The van der Waals surface area contributed by atoms with E-state index < -0.39 is 5.92 Å². The summed E-state index contributed by atoms with van der Waals surface area (Å²) >= 11 is 6.76. The molecule has 2 aromatic rings. The maximum Gasteiger partial charge on any atom is 0.180 e. The lowest BCUT2D eigenvalue weighted by molar-refractivity contribution is -0.116. The van der Waals surface area contributed by atoms with Crippen LogP contribution in [-0.4, -0.2) is 18.2 Å². The van der Waals surface area contributed by atoms with Crippen molar-refractivity contribution in [2.24, 2.45) is 0 Å². The van der Waals surface area contributed by atoms with Crippen LogP contribution in [0.1, 0.15) is 62.5 Å². The van der Waals surface area contributed by atoms with Gasteiger partial charge in [-0.25, -0.2) is 0 Å². The van der Waals surface area contributed by atoms with Crippen molar-refractivity contribution in [3.63, 3.8) is 0 Å². The summed E-state index contributed by atoms with van der Waals surface area (Å²) < 4.78 is 12.0. The number of dihydropyridines is 1. The largest absolute Gasteiger partial charge is 0.490 e. The average molecular weight is 478 g/mol. The molecule has 0 saturated heterocycles. The zero-order valence-electron chi connectivity index (χ0n) is 19.3. The number of hydrogen-bond acceptors (Lipinski definition) is 5. The minimum atomic E-state index is -0.424. The highest BCUT2D eigenvalue weighted by atomic mass is 35.5. The molecular formula is C28H28ClNO4. The third-order valence-corrected chi connectivity index (χ3v) is 6.96. The molecular weight excluding hydrogens is 450 g/mol. The smallest absolute Gasteiger partial charge is 0.180 e. The van der Waals surface area contributed by atoms with Gasteiger partial charge in [0, 0.05) is 41.3 Å². The Kier molecular flexibility index (Phi) is 6.46. The SMILES string of the molecule is CCOc1cc(C2C3=C(CCCC3=O)NC3=C2C(=O)CCC3)cc(Cl)c1OCc1ccccc1. The molecule has 2 aliphatic carbocycles. The quantitative estimate of drug-likeness (QED) is 0.551. The monoisotopic (exact) mass is 477 g/mol. The standard InChI is InChI=1S/C28H28ClNO4/c1-2-33-24-15-18(14-19(29)28(24)34-16-17-8-4-3-5-9-17)25-26-20(10-6-12-22(26)31)30-21-11-7-13-23(32)27(21)25/h3-5,8-9,14-15,25,30H,2,6-7,10-13,16H2,1H3. The minimum Gasteiger partial charge on any atom is -0.490 e. The van der Waals surface area contributed by atoms with Crippen molar-refractivity contribution in [1.82, 2.24) is 5.32 Å². The molecule has 0 unspecified atom stereocenters. The number of ether oxygens (including phenoxy) is 2. The van der Waals surface area contributed by atoms with Crippen LogP contribution in [0.25, 0.3) is 0 Å². The molecule has 0 saturated carbocycles. The second-order valence-corrected chi connectivity index (χ2v) is 9.34. The van der Waals surface area contributed by atoms with Crippen LogP contribution in [0.4, 0.5) is 0 Å². The summed E-state index contributed by atoms with van der Waals surface area (Å²) in [5, 5.41) is 3.86. The van der Waals surface area contributed by atoms with Gasteiger partial charge in [0.25, 0.3) is 0 Å². The van der Waals surface area contributed by atoms with Gasteiger partial charge in [-0.3, -0.25) is 9.59 Å². The van der Waals surface area contributed by atoms with Crippen LogP contribution in [0.3, 0.4) is 0 Å². The molecule has 176 valence electrons. The van der Waals surface area contributed by atoms with Crippen molar-refractivity contribution in [2.45, 2.75) is 58.0 Å². The Labute approximate surface area is 204 Å². The first-order chi connectivity index (χ1) is 16.6. The van der Waals surface area contributed by atoms with Crippen molar-refractivity contribution < 1.29 is 19.1 Å². The topological polar surface area (TPSA) is 64.6 Å². The third-order valence-electron chi connectivity index (χ3n) is 6.68. The fourth-order valence-corrected chi connectivity index (χ4v) is 5.48. The van der Waals surface area contributed by atoms with Gasteiger partial charge in [-0.1, -0.05) is 41.9 Å². The molecule has 0 aromatic heterocycles. The van der Waals surface area contributed by atoms with E-state index in [1.165, 1.54) is 0 Å². The number of rotatable bonds is 6. The van der Waals surface area contributed by atoms with Crippen molar-refractivity contribution >= 4 is 23.2 Å². The first-order valence-corrected chi connectivity index (χ1v) is 12.4. The third kappa shape index (κ3) is 4.25. The van der Waals surface area contributed by atoms with E-state index in [2.05, 4.69) is 5.32 Å². The van der Waals surface area contributed by atoms with Crippen molar-refractivity contribution in [3.05, 3.63) is 81.2 Å². The van der Waals surface area contributed by atoms with Gasteiger partial charge in [-0.15, -0.1) is 0 Å². The van der Waals surface area contributed by atoms with E-state index in [1.54, 1.807) is 0 Å². The Bertz CT molecular complexity index is 1160. The predicted molar refractivity (Wildman–Crippen MR) is 131 cm³/mol. The maximum absolute atomic E-state index is 13.1. The number of ketones is 2. The van der Waals surface area contributed by atoms with Crippen LogP contribution in [0.15, 0.2) is 65.0 Å². The molecule has 1 N–H and O–H groups in total. The highest BCUT2D eigenvalue weighted by Gasteiger charge is 2.40. The highest BCUT2D eigenvalue weighted by molar-refractivity contribution is 6.32. The lowest BCUT2D eigenvalue weighted by Gasteiger charge is -2.37. The van der Waals surface area contributed by atoms with Gasteiger partial charge in [-0.2, -0.15) is 0 Å². The summed E-state index contributed by atoms with van der Waals surface area (Å²) in [5.74, 6) is 0.768. The number of carbonyl (C=O) groups is 2. The van der Waals surface area contributed by atoms with E-state index in [1.807, 2.05) is 49.4 Å². The molecule has 0 radical (unpaired) electrons. The Morgan fingerprint density at radius 1 is 0.912 bits per heavy atom. The lowest BCUT2D eigenvalue weighted by Crippen LogP contribution is -2.36. The molecule has 34 heavy (non-hydrogen) atoms. The van der Waals surface area contributed by atoms with Crippen LogP contribution in [0.2, 0.25) is 5.02 Å². The van der Waals surface area contributed by atoms with E-state index in [-0.39, 0.29) is 11.6 Å². The molecule has 0 bridgehead atoms. The Morgan fingerprint density at radius 3 is 2.18 bits per heavy atom. The number of Topliss-reactive ketones (excluding diaryl/α,β-unsaturated/α-hetero) is 2. The van der Waals surface area contributed by atoms with Gasteiger partial charge >= 0.3 is 0 Å². The molecule has 6 heteroatoms. The van der Waals surface area contributed by atoms with E-state index >= 15 is 0 Å². The van der Waals surface area contributed by atoms with Crippen LogP contribution in [0.5, 0.6) is 11.5 Å². The van der Waals surface area contributed by atoms with Crippen LogP contribution < -0.4 is 14.8 Å². The molecule has 5 nitrogen and oxygen atoms in total. The predicted octanol–water partition coefficient (Wildman–Crippen LogP) is 6.02. The fourth-order valence-electron chi connectivity index (χ4n) is 5.20. The molecule has 0 spiro atoms. The van der Waals surface area contributed by atoms with Crippen molar-refractivity contribution in [3.8, 4) is 11.5 Å². The molecule has 5 rings (SSSR count). The number of halogens is 1. The van der Waals surface area contributed by atoms with Gasteiger partial charge in [0.1, 0.15) is 6.61 Å². The van der Waals surface area contributed by atoms with E-state index in [0.29, 0.717) is 53.7 Å². The van der Waals surface area contributed by atoms with Crippen molar-refractivity contribution in [1.29, 1.82) is 0 Å². The zero-order chi connectivity index (χ0) is 23.7. The van der Waals surface area contributed by atoms with Crippen molar-refractivity contribution in [2.75, 3.05) is 6.61 Å². The Morgan fingerprint density at radius 2 is 1.56 bits per heavy atom. The minimum absolute atomic E-state index is 0.0992. The highest BCUT2D eigenvalue weighted by Crippen LogP contribution is 2.48. The maximum atomic E-state index is 13.1.